The molecule has 1 aromatic heterocycles. The van der Waals surface area contributed by atoms with E-state index in [1.165, 1.54) is 6.42 Å². The molecule has 7 fully saturated rings. The maximum atomic E-state index is 12.5. The zero-order valence-electron chi connectivity index (χ0n) is 48.4. The highest BCUT2D eigenvalue weighted by Crippen LogP contribution is 2.31. The van der Waals surface area contributed by atoms with Crippen molar-refractivity contribution in [2.24, 2.45) is 0 Å². The van der Waals surface area contributed by atoms with Crippen LogP contribution in [0.2, 0.25) is 0 Å². The quantitative estimate of drug-likeness (QED) is 0.131. The second-order valence-electron chi connectivity index (χ2n) is 21.8. The van der Waals surface area contributed by atoms with Gasteiger partial charge in [0.15, 0.2) is 5.78 Å². The average molecular weight is 1160 g/mol. The molecule has 0 unspecified atom stereocenters. The first-order chi connectivity index (χ1) is 40.9. The molecule has 22 nitrogen and oxygen atoms in total. The van der Waals surface area contributed by atoms with Gasteiger partial charge in [0.2, 0.25) is 0 Å². The van der Waals surface area contributed by atoms with Crippen LogP contribution < -0.4 is 19.6 Å². The third kappa shape index (κ3) is 16.4. The number of morpholine rings is 4. The minimum atomic E-state index is -0.140. The fraction of sp³-hybridized carbons (Fsp3) is 0.500. The lowest BCUT2D eigenvalue weighted by molar-refractivity contribution is 0.0659. The summed E-state index contributed by atoms with van der Waals surface area (Å²) in [5.74, 6) is -0.107. The number of likely N-dealkylation sites (N-methyl/N-ethyl adjacent to an activating group) is 1. The summed E-state index contributed by atoms with van der Waals surface area (Å²) in [5, 5.41) is 40.7. The average Bonchev–Trinajstić information content (AvgIpc) is 4.42. The first-order valence-electron chi connectivity index (χ1n) is 29.6. The Balaban J connectivity index is 0.000000134. The van der Waals surface area contributed by atoms with Crippen LogP contribution in [0.1, 0.15) is 73.5 Å². The Morgan fingerprint density at radius 1 is 0.405 bits per heavy atom. The summed E-state index contributed by atoms with van der Waals surface area (Å²) in [6.45, 7) is 18.6. The maximum absolute atomic E-state index is 12.5. The third-order valence-corrected chi connectivity index (χ3v) is 16.1. The van der Waals surface area contributed by atoms with Crippen molar-refractivity contribution in [2.45, 2.75) is 38.6 Å². The Bertz CT molecular complexity index is 2940. The van der Waals surface area contributed by atoms with E-state index in [-0.39, 0.29) is 53.0 Å². The molecule has 7 saturated heterocycles. The normalized spacial score (nSPS) is 18.6. The Morgan fingerprint density at radius 2 is 0.714 bits per heavy atom. The second-order valence-corrected chi connectivity index (χ2v) is 21.8. The number of piperidine rings is 1. The molecule has 0 spiro atoms. The highest BCUT2D eigenvalue weighted by atomic mass is 16.5. The number of ketones is 1. The topological polar surface area (TPSA) is 230 Å². The van der Waals surface area contributed by atoms with Crippen LogP contribution in [0.4, 0.5) is 22.7 Å². The molecular formula is C62H82N10O12. The molecule has 4 aromatic carbocycles. The number of ether oxygens (including phenoxy) is 4. The van der Waals surface area contributed by atoms with Crippen LogP contribution in [-0.4, -0.2) is 238 Å². The number of likely N-dealkylation sites (tertiary alicyclic amines) is 2. The molecule has 0 saturated carbocycles. The van der Waals surface area contributed by atoms with Crippen molar-refractivity contribution in [1.82, 2.24) is 29.2 Å². The van der Waals surface area contributed by atoms with Crippen LogP contribution in [0.25, 0.3) is 0 Å². The van der Waals surface area contributed by atoms with Crippen molar-refractivity contribution in [3.8, 4) is 23.0 Å². The monoisotopic (exact) mass is 1160 g/mol. The van der Waals surface area contributed by atoms with Crippen molar-refractivity contribution >= 4 is 46.3 Å². The van der Waals surface area contributed by atoms with Crippen molar-refractivity contribution in [1.29, 1.82) is 0 Å². The number of nitrogens with zero attached hydrogens (tertiary/aromatic N) is 10. The van der Waals surface area contributed by atoms with Gasteiger partial charge < -0.3 is 83.1 Å². The minimum absolute atomic E-state index is 0.0177. The fourth-order valence-electron chi connectivity index (χ4n) is 11.1. The van der Waals surface area contributed by atoms with Gasteiger partial charge in [-0.3, -0.25) is 19.2 Å². The number of phenols is 4. The molecule has 0 radical (unpaired) electrons. The second kappa shape index (κ2) is 30.3. The van der Waals surface area contributed by atoms with E-state index in [2.05, 4.69) is 36.5 Å². The molecule has 8 heterocycles. The highest BCUT2D eigenvalue weighted by molar-refractivity contribution is 6.00. The molecule has 452 valence electrons. The molecule has 3 amide bonds. The number of imidazole rings is 1. The SMILES string of the molecule is CN1CCN(C(=O)c2ccc(N3CCOCC3)cc2O)CC1.O=C(Cn1ccnc1)c1ccc(N2CCOCC2)cc1O.O=C(c1ccc(N2CCOCC2)cc1O)N1CCCC1.O=C(c1ccc(N2CCOCC2)cc1O)N1CCCCC1. The third-order valence-electron chi connectivity index (χ3n) is 16.1. The maximum Gasteiger partial charge on any atom is 0.257 e. The van der Waals surface area contributed by atoms with Gasteiger partial charge >= 0.3 is 0 Å². The van der Waals surface area contributed by atoms with Crippen LogP contribution in [0.3, 0.4) is 0 Å². The van der Waals surface area contributed by atoms with Gasteiger partial charge in [0.1, 0.15) is 23.0 Å². The Hall–Kier alpha value is -7.63. The Morgan fingerprint density at radius 3 is 1.02 bits per heavy atom. The van der Waals surface area contributed by atoms with Gasteiger partial charge in [-0.25, -0.2) is 4.98 Å². The molecule has 22 heteroatoms. The van der Waals surface area contributed by atoms with Gasteiger partial charge in [0.05, 0.1) is 88.0 Å². The summed E-state index contributed by atoms with van der Waals surface area (Å²) in [4.78, 5) is 69.6. The summed E-state index contributed by atoms with van der Waals surface area (Å²) in [7, 11) is 2.05. The molecular weight excluding hydrogens is 1080 g/mol. The lowest BCUT2D eigenvalue weighted by Gasteiger charge is -2.33. The zero-order valence-corrected chi connectivity index (χ0v) is 48.4. The van der Waals surface area contributed by atoms with Crippen molar-refractivity contribution in [2.75, 3.05) is 184 Å². The largest absolute Gasteiger partial charge is 0.507 e. The molecule has 0 atom stereocenters. The number of Topliss-reactive ketones (excluding diaryl/α,β-unsaturated/α-hetero) is 1. The number of piperazine rings is 1. The van der Waals surface area contributed by atoms with E-state index in [4.69, 9.17) is 18.9 Å². The standard InChI is InChI=1S/C16H23N3O3.C16H22N2O3.C15H17N3O3.C15H20N2O3/c1-17-4-6-19(7-5-17)16(21)14-3-2-13(12-15(14)20)18-8-10-22-11-9-18;19-15-12-13(17-8-10-21-11-9-17)4-5-14(15)16(20)18-6-2-1-3-7-18;19-14-9-12(18-5-7-21-8-6-18)1-2-13(14)15(20)10-17-4-3-16-11-17;18-14-11-12(16-7-9-20-10-8-16)3-4-13(14)15(19)17-5-1-2-6-17/h2-3,12,20H,4-11H2,1H3;4-5,12,19H,1-3,6-11H2;1-4,9,11,19H,5-8,10H2;3-4,11,18H,1-2,5-10H2. The number of anilines is 4. The number of hydrogen-bond acceptors (Lipinski definition) is 18. The van der Waals surface area contributed by atoms with Crippen molar-refractivity contribution < 1.29 is 58.6 Å². The molecule has 0 bridgehead atoms. The smallest absolute Gasteiger partial charge is 0.257 e. The molecule has 7 aliphatic heterocycles. The van der Waals surface area contributed by atoms with E-state index in [0.29, 0.717) is 88.2 Å². The fourth-order valence-corrected chi connectivity index (χ4v) is 11.1. The van der Waals surface area contributed by atoms with Crippen molar-refractivity contribution in [3.05, 3.63) is 114 Å². The first kappa shape index (κ1) is 60.9. The summed E-state index contributed by atoms with van der Waals surface area (Å²) in [6, 6.07) is 21.2. The predicted octanol–water partition coefficient (Wildman–Crippen LogP) is 5.24. The number of phenolic OH excluding ortho intramolecular Hbond substituents is 4. The number of hydrogen-bond donors (Lipinski definition) is 4. The van der Waals surface area contributed by atoms with Crippen LogP contribution in [-0.2, 0) is 25.5 Å². The predicted molar refractivity (Wildman–Crippen MR) is 319 cm³/mol. The van der Waals surface area contributed by atoms with Gasteiger partial charge in [-0.05, 0) is 87.7 Å². The van der Waals surface area contributed by atoms with E-state index >= 15 is 0 Å². The van der Waals surface area contributed by atoms with E-state index in [0.717, 1.165) is 140 Å². The summed E-state index contributed by atoms with van der Waals surface area (Å²) >= 11 is 0. The highest BCUT2D eigenvalue weighted by Gasteiger charge is 2.27. The van der Waals surface area contributed by atoms with Crippen molar-refractivity contribution in [3.63, 3.8) is 0 Å². The molecule has 7 aliphatic rings. The van der Waals surface area contributed by atoms with Gasteiger partial charge in [-0.15, -0.1) is 0 Å². The lowest BCUT2D eigenvalue weighted by atomic mass is 10.1. The molecule has 0 aliphatic carbocycles. The van der Waals surface area contributed by atoms with Gasteiger partial charge in [-0.2, -0.15) is 0 Å². The van der Waals surface area contributed by atoms with Crippen LogP contribution >= 0.6 is 0 Å². The molecule has 5 aromatic rings. The van der Waals surface area contributed by atoms with E-state index in [1.54, 1.807) is 71.8 Å². The van der Waals surface area contributed by atoms with Gasteiger partial charge in [0, 0.05) is 164 Å². The summed E-state index contributed by atoms with van der Waals surface area (Å²) in [5.41, 5.74) is 5.29. The number of rotatable bonds is 10. The molecule has 12 rings (SSSR count). The first-order valence-corrected chi connectivity index (χ1v) is 29.6. The van der Waals surface area contributed by atoms with Crippen LogP contribution in [0, 0.1) is 0 Å². The zero-order chi connectivity index (χ0) is 58.8. The van der Waals surface area contributed by atoms with Gasteiger partial charge in [0.25, 0.3) is 17.7 Å². The number of carbonyl (C=O) groups excluding carboxylic acids is 4. The van der Waals surface area contributed by atoms with E-state index < -0.39 is 0 Å². The van der Waals surface area contributed by atoms with E-state index in [9.17, 15) is 39.6 Å². The number of carbonyl (C=O) groups is 4. The van der Waals surface area contributed by atoms with E-state index in [1.807, 2.05) is 39.0 Å². The Kier molecular flexibility index (Phi) is 22.0. The van der Waals surface area contributed by atoms with Crippen LogP contribution in [0.5, 0.6) is 23.0 Å². The summed E-state index contributed by atoms with van der Waals surface area (Å²) in [6.07, 6.45) is 10.3. The van der Waals surface area contributed by atoms with Gasteiger partial charge in [-0.1, -0.05) is 0 Å². The lowest BCUT2D eigenvalue weighted by Crippen LogP contribution is -2.47. The number of benzene rings is 4. The Labute approximate surface area is 491 Å². The number of aromatic hydroxyl groups is 4. The minimum Gasteiger partial charge on any atom is -0.507 e. The molecule has 84 heavy (non-hydrogen) atoms. The van der Waals surface area contributed by atoms with Crippen LogP contribution in [0.15, 0.2) is 91.5 Å². The number of amides is 3. The molecule has 4 N–H and O–H groups in total. The summed E-state index contributed by atoms with van der Waals surface area (Å²) < 4.78 is 23.0. The number of aromatic nitrogens is 2.